The van der Waals surface area contributed by atoms with Gasteiger partial charge in [0.1, 0.15) is 6.42 Å². The Balaban J connectivity index is 1.34. The number of fused-ring (bicyclic) bond motifs is 1. The lowest BCUT2D eigenvalue weighted by molar-refractivity contribution is -0.163. The van der Waals surface area contributed by atoms with Crippen LogP contribution in [0.15, 0.2) is 43.0 Å². The summed E-state index contributed by atoms with van der Waals surface area (Å²) in [6.07, 6.45) is -0.243. The third kappa shape index (κ3) is 4.81. The SMILES string of the molecule is C=Cc1ccc2c(-c3cc(N)c(N4CCN(C(=O)CC(F)(F)F)[C@H](C5CC5)C4)nc3C3CC3)cccc2n1. The number of alkyl halides is 3. The van der Waals surface area contributed by atoms with Crippen LogP contribution >= 0.6 is 0 Å². The van der Waals surface area contributed by atoms with Crippen molar-refractivity contribution in [3.05, 3.63) is 54.4 Å². The molecule has 3 aromatic rings. The van der Waals surface area contributed by atoms with Crippen molar-refractivity contribution >= 4 is 34.4 Å². The average molecular weight is 522 g/mol. The molecule has 3 heterocycles. The van der Waals surface area contributed by atoms with Gasteiger partial charge in [-0.25, -0.2) is 9.97 Å². The molecule has 6 nitrogen and oxygen atoms in total. The van der Waals surface area contributed by atoms with Crippen molar-refractivity contribution < 1.29 is 18.0 Å². The Morgan fingerprint density at radius 3 is 2.55 bits per heavy atom. The van der Waals surface area contributed by atoms with E-state index in [-0.39, 0.29) is 18.5 Å². The van der Waals surface area contributed by atoms with Crippen LogP contribution in [0.5, 0.6) is 0 Å². The van der Waals surface area contributed by atoms with Gasteiger partial charge in [-0.1, -0.05) is 24.8 Å². The fourth-order valence-electron chi connectivity index (χ4n) is 5.66. The second kappa shape index (κ2) is 9.29. The summed E-state index contributed by atoms with van der Waals surface area (Å²) in [5.74, 6) is 0.389. The molecule has 0 unspecified atom stereocenters. The van der Waals surface area contributed by atoms with Gasteiger partial charge in [-0.15, -0.1) is 0 Å². The number of piperazine rings is 1. The van der Waals surface area contributed by atoms with E-state index >= 15 is 0 Å². The summed E-state index contributed by atoms with van der Waals surface area (Å²) in [7, 11) is 0. The summed E-state index contributed by atoms with van der Waals surface area (Å²) >= 11 is 0. The molecule has 3 fully saturated rings. The summed E-state index contributed by atoms with van der Waals surface area (Å²) in [5.41, 5.74) is 11.8. The predicted molar refractivity (Wildman–Crippen MR) is 143 cm³/mol. The summed E-state index contributed by atoms with van der Waals surface area (Å²) in [4.78, 5) is 25.8. The number of nitrogens with two attached hydrogens (primary N) is 1. The molecule has 38 heavy (non-hydrogen) atoms. The van der Waals surface area contributed by atoms with Gasteiger partial charge < -0.3 is 15.5 Å². The molecule has 2 saturated carbocycles. The summed E-state index contributed by atoms with van der Waals surface area (Å²) in [6.45, 7) is 4.89. The molecule has 3 aliphatic rings. The molecule has 1 aromatic carbocycles. The Labute approximate surface area is 219 Å². The number of hydrogen-bond acceptors (Lipinski definition) is 5. The zero-order valence-corrected chi connectivity index (χ0v) is 21.0. The van der Waals surface area contributed by atoms with Crippen molar-refractivity contribution in [3.8, 4) is 11.1 Å². The number of carbonyl (C=O) groups is 1. The van der Waals surface area contributed by atoms with Gasteiger partial charge in [-0.3, -0.25) is 4.79 Å². The predicted octanol–water partition coefficient (Wildman–Crippen LogP) is 5.78. The van der Waals surface area contributed by atoms with Gasteiger partial charge in [0.2, 0.25) is 5.91 Å². The maximum Gasteiger partial charge on any atom is 0.397 e. The average Bonchev–Trinajstić information content (AvgIpc) is 3.80. The molecular weight excluding hydrogens is 491 g/mol. The second-order valence-corrected chi connectivity index (χ2v) is 10.7. The fraction of sp³-hybridized carbons (Fsp3) is 0.414. The standard InChI is InChI=1S/C29H30F3N5O/c1-2-19-10-11-21-20(4-3-5-24(21)34-19)22-14-23(33)28(35-27(22)18-8-9-18)36-12-13-37(25(16-36)17-6-7-17)26(38)15-29(30,31)32/h2-5,10-11,14,17-18,25H,1,6-9,12-13,15-16,33H2/t25-/m0/s1. The van der Waals surface area contributed by atoms with E-state index in [1.54, 1.807) is 6.08 Å². The molecule has 2 N–H and O–H groups in total. The number of rotatable bonds is 6. The third-order valence-electron chi connectivity index (χ3n) is 7.83. The molecule has 0 spiro atoms. The number of aromatic nitrogens is 2. The van der Waals surface area contributed by atoms with E-state index in [2.05, 4.69) is 22.5 Å². The molecular formula is C29H30F3N5O. The number of pyridine rings is 2. The molecule has 2 aromatic heterocycles. The van der Waals surface area contributed by atoms with Crippen LogP contribution in [0.3, 0.4) is 0 Å². The number of nitrogens with zero attached hydrogens (tertiary/aromatic N) is 4. The molecule has 0 bridgehead atoms. The number of benzene rings is 1. The van der Waals surface area contributed by atoms with Crippen LogP contribution in [0.25, 0.3) is 28.1 Å². The number of carbonyl (C=O) groups excluding carboxylic acids is 1. The van der Waals surface area contributed by atoms with E-state index in [0.717, 1.165) is 59.1 Å². The van der Waals surface area contributed by atoms with Crippen molar-refractivity contribution in [3.63, 3.8) is 0 Å². The van der Waals surface area contributed by atoms with E-state index in [1.807, 2.05) is 30.3 Å². The van der Waals surface area contributed by atoms with Crippen molar-refractivity contribution in [2.24, 2.45) is 5.92 Å². The maximum absolute atomic E-state index is 12.9. The van der Waals surface area contributed by atoms with Crippen LogP contribution in [0, 0.1) is 5.92 Å². The number of halogens is 3. The lowest BCUT2D eigenvalue weighted by Crippen LogP contribution is -2.57. The van der Waals surface area contributed by atoms with Crippen LogP contribution in [0.2, 0.25) is 0 Å². The highest BCUT2D eigenvalue weighted by Crippen LogP contribution is 2.47. The first-order valence-electron chi connectivity index (χ1n) is 13.2. The number of amides is 1. The quantitative estimate of drug-likeness (QED) is 0.445. The smallest absolute Gasteiger partial charge is 0.396 e. The lowest BCUT2D eigenvalue weighted by atomic mass is 9.96. The molecule has 6 rings (SSSR count). The van der Waals surface area contributed by atoms with E-state index in [1.165, 1.54) is 4.90 Å². The Morgan fingerprint density at radius 1 is 1.08 bits per heavy atom. The van der Waals surface area contributed by atoms with E-state index in [4.69, 9.17) is 10.7 Å². The first-order valence-corrected chi connectivity index (χ1v) is 13.2. The van der Waals surface area contributed by atoms with E-state index in [0.29, 0.717) is 30.5 Å². The van der Waals surface area contributed by atoms with E-state index < -0.39 is 18.5 Å². The van der Waals surface area contributed by atoms with Gasteiger partial charge in [0.25, 0.3) is 0 Å². The molecule has 1 aliphatic heterocycles. The zero-order chi connectivity index (χ0) is 26.6. The van der Waals surface area contributed by atoms with E-state index in [9.17, 15) is 18.0 Å². The molecule has 9 heteroatoms. The largest absolute Gasteiger partial charge is 0.397 e. The minimum atomic E-state index is -4.51. The molecule has 1 atom stereocenters. The normalized spacial score (nSPS) is 20.1. The first kappa shape index (κ1) is 24.7. The fourth-order valence-corrected chi connectivity index (χ4v) is 5.66. The number of nitrogen functional groups attached to an aromatic ring is 1. The number of anilines is 2. The Hall–Kier alpha value is -3.62. The lowest BCUT2D eigenvalue weighted by Gasteiger charge is -2.43. The number of hydrogen-bond donors (Lipinski definition) is 1. The van der Waals surface area contributed by atoms with Gasteiger partial charge in [-0.05, 0) is 61.4 Å². The zero-order valence-electron chi connectivity index (χ0n) is 21.0. The van der Waals surface area contributed by atoms with Crippen LogP contribution in [0.1, 0.15) is 49.4 Å². The Kier molecular flexibility index (Phi) is 6.04. The van der Waals surface area contributed by atoms with Gasteiger partial charge in [-0.2, -0.15) is 13.2 Å². The molecule has 0 radical (unpaired) electrons. The van der Waals surface area contributed by atoms with Crippen molar-refractivity contribution in [2.45, 2.75) is 50.2 Å². The highest BCUT2D eigenvalue weighted by Gasteiger charge is 2.44. The molecule has 198 valence electrons. The minimum absolute atomic E-state index is 0.224. The van der Waals surface area contributed by atoms with Gasteiger partial charge in [0.05, 0.1) is 28.6 Å². The molecule has 2 aliphatic carbocycles. The summed E-state index contributed by atoms with van der Waals surface area (Å²) in [5, 5.41) is 1.01. The minimum Gasteiger partial charge on any atom is -0.396 e. The second-order valence-electron chi connectivity index (χ2n) is 10.7. The maximum atomic E-state index is 12.9. The Morgan fingerprint density at radius 2 is 1.87 bits per heavy atom. The summed E-state index contributed by atoms with van der Waals surface area (Å²) in [6, 6.07) is 11.7. The highest BCUT2D eigenvalue weighted by atomic mass is 19.4. The monoisotopic (exact) mass is 521 g/mol. The Bertz CT molecular complexity index is 1410. The van der Waals surface area contributed by atoms with Crippen LogP contribution in [0.4, 0.5) is 24.7 Å². The molecule has 1 amide bonds. The topological polar surface area (TPSA) is 75.3 Å². The highest BCUT2D eigenvalue weighted by molar-refractivity contribution is 5.96. The van der Waals surface area contributed by atoms with Crippen LogP contribution in [-0.2, 0) is 4.79 Å². The summed E-state index contributed by atoms with van der Waals surface area (Å²) < 4.78 is 38.8. The third-order valence-corrected chi connectivity index (χ3v) is 7.83. The van der Waals surface area contributed by atoms with Crippen molar-refractivity contribution in [1.29, 1.82) is 0 Å². The van der Waals surface area contributed by atoms with Crippen molar-refractivity contribution in [2.75, 3.05) is 30.3 Å². The van der Waals surface area contributed by atoms with Gasteiger partial charge >= 0.3 is 6.18 Å². The van der Waals surface area contributed by atoms with Crippen LogP contribution < -0.4 is 10.6 Å². The van der Waals surface area contributed by atoms with Crippen molar-refractivity contribution in [1.82, 2.24) is 14.9 Å². The van der Waals surface area contributed by atoms with Gasteiger partial charge in [0, 0.05) is 36.5 Å². The van der Waals surface area contributed by atoms with Crippen LogP contribution in [-0.4, -0.2) is 52.6 Å². The molecule has 1 saturated heterocycles. The first-order chi connectivity index (χ1) is 18.2. The van der Waals surface area contributed by atoms with Gasteiger partial charge in [0.15, 0.2) is 5.82 Å².